The first kappa shape index (κ1) is 14.1. The highest BCUT2D eigenvalue weighted by Crippen LogP contribution is 2.36. The van der Waals surface area contributed by atoms with Crippen molar-refractivity contribution in [3.63, 3.8) is 0 Å². The number of nitrogens with zero attached hydrogens (tertiary/aromatic N) is 3. The SMILES string of the molecule is Cc1nn(C)c(C)c1CN1CCCC2(CCCNC2)C1. The van der Waals surface area contributed by atoms with Gasteiger partial charge in [0, 0.05) is 37.9 Å². The van der Waals surface area contributed by atoms with Gasteiger partial charge in [-0.05, 0) is 58.0 Å². The van der Waals surface area contributed by atoms with Crippen molar-refractivity contribution in [1.82, 2.24) is 20.0 Å². The van der Waals surface area contributed by atoms with Crippen molar-refractivity contribution in [3.8, 4) is 0 Å². The van der Waals surface area contributed by atoms with Gasteiger partial charge in [-0.15, -0.1) is 0 Å². The summed E-state index contributed by atoms with van der Waals surface area (Å²) < 4.78 is 2.02. The molecule has 0 aromatic carbocycles. The van der Waals surface area contributed by atoms with Gasteiger partial charge in [0.15, 0.2) is 0 Å². The van der Waals surface area contributed by atoms with Crippen LogP contribution in [0.2, 0.25) is 0 Å². The van der Waals surface area contributed by atoms with E-state index < -0.39 is 0 Å². The summed E-state index contributed by atoms with van der Waals surface area (Å²) in [5.74, 6) is 0. The first-order valence-electron chi connectivity index (χ1n) is 8.02. The molecule has 4 nitrogen and oxygen atoms in total. The Balaban J connectivity index is 1.71. The third kappa shape index (κ3) is 2.63. The minimum absolute atomic E-state index is 0.542. The number of aryl methyl sites for hydroxylation is 2. The van der Waals surface area contributed by atoms with E-state index in [0.29, 0.717) is 5.41 Å². The number of rotatable bonds is 2. The molecule has 3 rings (SSSR count). The van der Waals surface area contributed by atoms with Crippen molar-refractivity contribution in [2.45, 2.75) is 46.1 Å². The fourth-order valence-electron chi connectivity index (χ4n) is 4.09. The van der Waals surface area contributed by atoms with Gasteiger partial charge in [-0.3, -0.25) is 9.58 Å². The molecule has 4 heteroatoms. The summed E-state index contributed by atoms with van der Waals surface area (Å²) in [6.07, 6.45) is 5.50. The smallest absolute Gasteiger partial charge is 0.0641 e. The lowest BCUT2D eigenvalue weighted by atomic mass is 9.74. The molecule has 1 spiro atoms. The molecule has 0 amide bonds. The predicted molar refractivity (Wildman–Crippen MR) is 81.7 cm³/mol. The van der Waals surface area contributed by atoms with E-state index in [9.17, 15) is 0 Å². The molecular weight excluding hydrogens is 248 g/mol. The molecule has 2 fully saturated rings. The summed E-state index contributed by atoms with van der Waals surface area (Å²) in [5, 5.41) is 8.17. The van der Waals surface area contributed by atoms with Crippen LogP contribution in [-0.4, -0.2) is 40.9 Å². The molecular formula is C16H28N4. The summed E-state index contributed by atoms with van der Waals surface area (Å²) >= 11 is 0. The number of aromatic nitrogens is 2. The topological polar surface area (TPSA) is 33.1 Å². The Morgan fingerprint density at radius 2 is 2.05 bits per heavy atom. The molecule has 2 saturated heterocycles. The van der Waals surface area contributed by atoms with Crippen molar-refractivity contribution < 1.29 is 0 Å². The highest BCUT2D eigenvalue weighted by atomic mass is 15.3. The third-order valence-electron chi connectivity index (χ3n) is 5.34. The third-order valence-corrected chi connectivity index (χ3v) is 5.34. The Hall–Kier alpha value is -0.870. The van der Waals surface area contributed by atoms with Crippen LogP contribution in [0.1, 0.15) is 42.6 Å². The van der Waals surface area contributed by atoms with Crippen LogP contribution in [0.25, 0.3) is 0 Å². The molecule has 112 valence electrons. The maximum atomic E-state index is 4.56. The van der Waals surface area contributed by atoms with Gasteiger partial charge < -0.3 is 5.32 Å². The lowest BCUT2D eigenvalue weighted by molar-refractivity contribution is 0.0598. The zero-order valence-corrected chi connectivity index (χ0v) is 13.2. The fourth-order valence-corrected chi connectivity index (χ4v) is 4.09. The monoisotopic (exact) mass is 276 g/mol. The molecule has 0 bridgehead atoms. The van der Waals surface area contributed by atoms with Gasteiger partial charge in [-0.25, -0.2) is 0 Å². The van der Waals surface area contributed by atoms with Crippen LogP contribution in [0.5, 0.6) is 0 Å². The van der Waals surface area contributed by atoms with Crippen LogP contribution in [0, 0.1) is 19.3 Å². The second-order valence-electron chi connectivity index (χ2n) is 6.87. The molecule has 20 heavy (non-hydrogen) atoms. The Bertz CT molecular complexity index is 466. The van der Waals surface area contributed by atoms with Crippen LogP contribution in [0.15, 0.2) is 0 Å². The summed E-state index contributed by atoms with van der Waals surface area (Å²) in [4.78, 5) is 2.66. The van der Waals surface area contributed by atoms with Crippen molar-refractivity contribution >= 4 is 0 Å². The van der Waals surface area contributed by atoms with E-state index in [0.717, 1.165) is 6.54 Å². The average Bonchev–Trinajstić information content (AvgIpc) is 2.67. The van der Waals surface area contributed by atoms with E-state index in [1.54, 1.807) is 0 Å². The minimum Gasteiger partial charge on any atom is -0.316 e. The summed E-state index contributed by atoms with van der Waals surface area (Å²) in [7, 11) is 2.05. The van der Waals surface area contributed by atoms with E-state index in [4.69, 9.17) is 0 Å². The van der Waals surface area contributed by atoms with Crippen molar-refractivity contribution in [2.75, 3.05) is 26.2 Å². The number of likely N-dealkylation sites (tertiary alicyclic amines) is 1. The van der Waals surface area contributed by atoms with E-state index in [-0.39, 0.29) is 0 Å². The Labute approximate surface area is 122 Å². The highest BCUT2D eigenvalue weighted by Gasteiger charge is 2.36. The standard InChI is InChI=1S/C16H28N4/c1-13-15(14(2)19(3)18-13)10-20-9-5-7-16(12-20)6-4-8-17-11-16/h17H,4-12H2,1-3H3. The molecule has 2 aliphatic rings. The van der Waals surface area contributed by atoms with Gasteiger partial charge >= 0.3 is 0 Å². The molecule has 0 saturated carbocycles. The van der Waals surface area contributed by atoms with Crippen LogP contribution in [0.4, 0.5) is 0 Å². The zero-order valence-electron chi connectivity index (χ0n) is 13.2. The number of nitrogens with one attached hydrogen (secondary N) is 1. The van der Waals surface area contributed by atoms with Crippen molar-refractivity contribution in [1.29, 1.82) is 0 Å². The number of piperidine rings is 2. The maximum absolute atomic E-state index is 4.56. The molecule has 1 unspecified atom stereocenters. The minimum atomic E-state index is 0.542. The largest absolute Gasteiger partial charge is 0.316 e. The van der Waals surface area contributed by atoms with Gasteiger partial charge in [0.25, 0.3) is 0 Å². The van der Waals surface area contributed by atoms with E-state index >= 15 is 0 Å². The second-order valence-corrected chi connectivity index (χ2v) is 6.87. The van der Waals surface area contributed by atoms with Crippen molar-refractivity contribution in [2.24, 2.45) is 12.5 Å². The molecule has 0 aliphatic carbocycles. The Kier molecular flexibility index (Phi) is 3.87. The molecule has 2 aliphatic heterocycles. The zero-order chi connectivity index (χ0) is 14.2. The average molecular weight is 276 g/mol. The molecule has 1 aromatic heterocycles. The summed E-state index contributed by atoms with van der Waals surface area (Å²) in [5.41, 5.74) is 4.50. The maximum Gasteiger partial charge on any atom is 0.0641 e. The number of hydrogen-bond donors (Lipinski definition) is 1. The Morgan fingerprint density at radius 3 is 2.70 bits per heavy atom. The van der Waals surface area contributed by atoms with Crippen molar-refractivity contribution in [3.05, 3.63) is 17.0 Å². The Morgan fingerprint density at radius 1 is 1.25 bits per heavy atom. The van der Waals surface area contributed by atoms with E-state index in [1.807, 2.05) is 4.68 Å². The first-order valence-corrected chi connectivity index (χ1v) is 8.02. The molecule has 0 radical (unpaired) electrons. The van der Waals surface area contributed by atoms with E-state index in [1.165, 1.54) is 68.8 Å². The van der Waals surface area contributed by atoms with Gasteiger partial charge in [0.2, 0.25) is 0 Å². The summed E-state index contributed by atoms with van der Waals surface area (Å²) in [6, 6.07) is 0. The van der Waals surface area contributed by atoms with Gasteiger partial charge in [-0.2, -0.15) is 5.10 Å². The fraction of sp³-hybridized carbons (Fsp3) is 0.812. The van der Waals surface area contributed by atoms with E-state index in [2.05, 4.69) is 36.2 Å². The summed E-state index contributed by atoms with van der Waals surface area (Å²) in [6.45, 7) is 10.3. The molecule has 1 aromatic rings. The lowest BCUT2D eigenvalue weighted by Gasteiger charge is -2.45. The predicted octanol–water partition coefficient (Wildman–Crippen LogP) is 2.00. The van der Waals surface area contributed by atoms with Crippen LogP contribution >= 0.6 is 0 Å². The molecule has 1 N–H and O–H groups in total. The van der Waals surface area contributed by atoms with Gasteiger partial charge in [0.1, 0.15) is 0 Å². The number of hydrogen-bond acceptors (Lipinski definition) is 3. The van der Waals surface area contributed by atoms with Crippen LogP contribution < -0.4 is 5.32 Å². The van der Waals surface area contributed by atoms with Gasteiger partial charge in [0.05, 0.1) is 5.69 Å². The quantitative estimate of drug-likeness (QED) is 0.897. The lowest BCUT2D eigenvalue weighted by Crippen LogP contribution is -2.50. The first-order chi connectivity index (χ1) is 9.60. The highest BCUT2D eigenvalue weighted by molar-refractivity contribution is 5.24. The van der Waals surface area contributed by atoms with Crippen LogP contribution in [-0.2, 0) is 13.6 Å². The second kappa shape index (κ2) is 5.49. The molecule has 1 atom stereocenters. The van der Waals surface area contributed by atoms with Crippen LogP contribution in [0.3, 0.4) is 0 Å². The molecule has 3 heterocycles. The van der Waals surface area contributed by atoms with Gasteiger partial charge in [-0.1, -0.05) is 0 Å². The normalized spacial score (nSPS) is 28.1.